The highest BCUT2D eigenvalue weighted by atomic mass is 19.1. The number of fused-ring (bicyclic) bond motifs is 1. The summed E-state index contributed by atoms with van der Waals surface area (Å²) in [4.78, 5) is 26.5. The fraction of sp³-hybridized carbons (Fsp3) is 0.423. The molecule has 0 radical (unpaired) electrons. The maximum atomic E-state index is 13.6. The van der Waals surface area contributed by atoms with E-state index in [9.17, 15) is 9.18 Å². The minimum absolute atomic E-state index is 0.202. The molecule has 1 saturated carbocycles. The van der Waals surface area contributed by atoms with E-state index < -0.39 is 12.1 Å². The van der Waals surface area contributed by atoms with Crippen LogP contribution in [-0.4, -0.2) is 55.1 Å². The number of hydrogen-bond donors (Lipinski definition) is 2. The van der Waals surface area contributed by atoms with Crippen LogP contribution in [0, 0.1) is 12.8 Å². The molecule has 12 heteroatoms. The van der Waals surface area contributed by atoms with E-state index in [1.807, 2.05) is 29.7 Å². The Bertz CT molecular complexity index is 1510. The summed E-state index contributed by atoms with van der Waals surface area (Å²) < 4.78 is 29.0. The maximum Gasteiger partial charge on any atom is 0.231 e. The van der Waals surface area contributed by atoms with Gasteiger partial charge in [0.15, 0.2) is 17.2 Å². The predicted molar refractivity (Wildman–Crippen MR) is 139 cm³/mol. The first-order valence-electron chi connectivity index (χ1n) is 12.7. The summed E-state index contributed by atoms with van der Waals surface area (Å²) in [5, 5.41) is 10.6. The Labute approximate surface area is 218 Å². The molecule has 0 spiro atoms. The number of halogens is 1. The molecule has 198 valence electrons. The van der Waals surface area contributed by atoms with Crippen LogP contribution in [0.15, 0.2) is 30.6 Å². The van der Waals surface area contributed by atoms with E-state index >= 15 is 0 Å². The van der Waals surface area contributed by atoms with Crippen LogP contribution in [0.5, 0.6) is 5.75 Å². The van der Waals surface area contributed by atoms with E-state index in [4.69, 9.17) is 19.4 Å². The number of hydrogen-bond acceptors (Lipinski definition) is 8. The van der Waals surface area contributed by atoms with Crippen molar-refractivity contribution in [2.75, 3.05) is 24.4 Å². The monoisotopic (exact) mass is 520 g/mol. The maximum absolute atomic E-state index is 13.6. The first-order chi connectivity index (χ1) is 18.4. The number of benzene rings is 1. The molecule has 2 N–H and O–H groups in total. The molecule has 3 atom stereocenters. The zero-order valence-electron chi connectivity index (χ0n) is 21.4. The van der Waals surface area contributed by atoms with Crippen LogP contribution >= 0.6 is 0 Å². The third kappa shape index (κ3) is 4.44. The van der Waals surface area contributed by atoms with Crippen molar-refractivity contribution in [2.24, 2.45) is 13.0 Å². The van der Waals surface area contributed by atoms with E-state index in [0.717, 1.165) is 30.7 Å². The number of alkyl halides is 1. The number of nitrogens with one attached hydrogen (secondary N) is 2. The van der Waals surface area contributed by atoms with Crippen LogP contribution in [0.3, 0.4) is 0 Å². The molecule has 2 fully saturated rings. The highest BCUT2D eigenvalue weighted by molar-refractivity contribution is 5.98. The summed E-state index contributed by atoms with van der Waals surface area (Å²) in [5.74, 6) is 1.12. The van der Waals surface area contributed by atoms with Gasteiger partial charge in [0.25, 0.3) is 0 Å². The van der Waals surface area contributed by atoms with E-state index in [0.29, 0.717) is 46.5 Å². The highest BCUT2D eigenvalue weighted by Gasteiger charge is 2.43. The second-order valence-corrected chi connectivity index (χ2v) is 9.68. The predicted octanol–water partition coefficient (Wildman–Crippen LogP) is 4.28. The van der Waals surface area contributed by atoms with E-state index in [2.05, 4.69) is 20.7 Å². The van der Waals surface area contributed by atoms with E-state index in [1.54, 1.807) is 31.2 Å². The number of pyridine rings is 1. The second-order valence-electron chi connectivity index (χ2n) is 9.68. The fourth-order valence-corrected chi connectivity index (χ4v) is 4.90. The Morgan fingerprint density at radius 2 is 2.08 bits per heavy atom. The van der Waals surface area contributed by atoms with Crippen molar-refractivity contribution < 1.29 is 18.7 Å². The van der Waals surface area contributed by atoms with Crippen molar-refractivity contribution in [1.29, 1.82) is 0 Å². The minimum atomic E-state index is -1.10. The van der Waals surface area contributed by atoms with Gasteiger partial charge in [-0.05, 0) is 44.7 Å². The minimum Gasteiger partial charge on any atom is -0.494 e. The van der Waals surface area contributed by atoms with Gasteiger partial charge in [0.1, 0.15) is 35.9 Å². The Morgan fingerprint density at radius 3 is 2.76 bits per heavy atom. The van der Waals surface area contributed by atoms with Crippen molar-refractivity contribution in [1.82, 2.24) is 29.3 Å². The molecule has 0 bridgehead atoms. The molecule has 4 heterocycles. The van der Waals surface area contributed by atoms with Gasteiger partial charge in [0.2, 0.25) is 5.91 Å². The molecular weight excluding hydrogens is 491 g/mol. The number of anilines is 3. The third-order valence-electron chi connectivity index (χ3n) is 6.90. The molecule has 3 aromatic heterocycles. The molecule has 1 amide bonds. The lowest BCUT2D eigenvalue weighted by Gasteiger charge is -2.25. The summed E-state index contributed by atoms with van der Waals surface area (Å²) >= 11 is 0. The van der Waals surface area contributed by atoms with Crippen molar-refractivity contribution in [3.63, 3.8) is 0 Å². The summed E-state index contributed by atoms with van der Waals surface area (Å²) in [6.07, 6.45) is 3.44. The molecule has 11 nitrogen and oxygen atoms in total. The van der Waals surface area contributed by atoms with Crippen LogP contribution < -0.4 is 15.4 Å². The lowest BCUT2D eigenvalue weighted by molar-refractivity contribution is -0.117. The number of aryl methyl sites for hydroxylation is 2. The lowest BCUT2D eigenvalue weighted by Crippen LogP contribution is -2.20. The van der Waals surface area contributed by atoms with Gasteiger partial charge in [-0.1, -0.05) is 6.07 Å². The average Bonchev–Trinajstić information content (AvgIpc) is 3.33. The van der Waals surface area contributed by atoms with Crippen LogP contribution in [0.2, 0.25) is 0 Å². The van der Waals surface area contributed by atoms with Gasteiger partial charge in [-0.3, -0.25) is 14.0 Å². The topological polar surface area (TPSA) is 121 Å². The number of amides is 1. The summed E-state index contributed by atoms with van der Waals surface area (Å²) in [6, 6.07) is 7.35. The average molecular weight is 521 g/mol. The molecule has 1 unspecified atom stereocenters. The molecule has 1 aromatic carbocycles. The second kappa shape index (κ2) is 9.67. The zero-order chi connectivity index (χ0) is 26.4. The van der Waals surface area contributed by atoms with Gasteiger partial charge < -0.3 is 20.1 Å². The molecule has 38 heavy (non-hydrogen) atoms. The molecule has 2 aliphatic rings. The van der Waals surface area contributed by atoms with E-state index in [-0.39, 0.29) is 18.6 Å². The Hall–Kier alpha value is -4.06. The van der Waals surface area contributed by atoms with Crippen LogP contribution in [0.25, 0.3) is 22.6 Å². The van der Waals surface area contributed by atoms with Gasteiger partial charge >= 0.3 is 0 Å². The summed E-state index contributed by atoms with van der Waals surface area (Å²) in [7, 11) is 3.39. The third-order valence-corrected chi connectivity index (χ3v) is 6.90. The normalized spacial score (nSPS) is 20.9. The van der Waals surface area contributed by atoms with Gasteiger partial charge in [-0.25, -0.2) is 19.3 Å². The smallest absolute Gasteiger partial charge is 0.231 e. The zero-order valence-corrected chi connectivity index (χ0v) is 21.4. The number of carbonyl (C=O) groups is 1. The summed E-state index contributed by atoms with van der Waals surface area (Å²) in [5.41, 5.74) is 3.18. The van der Waals surface area contributed by atoms with Crippen molar-refractivity contribution >= 4 is 34.3 Å². The van der Waals surface area contributed by atoms with Crippen LogP contribution in [0.1, 0.15) is 37.7 Å². The van der Waals surface area contributed by atoms with Gasteiger partial charge in [-0.15, -0.1) is 0 Å². The number of imidazole rings is 1. The standard InChI is InChI=1S/C26H29FN8O3/c1-14-29-22-19(30-18-8-6-7-15(23(18)37-3)24-28-13-34(2)33-24)12-20(32-26(36)16-11-17(16)27)31-25(22)35(14)21-9-4-5-10-38-21/h6-8,12-13,16-17,21H,4-5,9-11H2,1-3H3,(H2,30,31,32,36)/t16-,17+,21?/m0/s1. The first kappa shape index (κ1) is 24.3. The van der Waals surface area contributed by atoms with E-state index in [1.165, 1.54) is 0 Å². The fourth-order valence-electron chi connectivity index (χ4n) is 4.90. The van der Waals surface area contributed by atoms with Crippen LogP contribution in [0.4, 0.5) is 21.6 Å². The Morgan fingerprint density at radius 1 is 1.24 bits per heavy atom. The van der Waals surface area contributed by atoms with Gasteiger partial charge in [0.05, 0.1) is 30.0 Å². The van der Waals surface area contributed by atoms with Crippen molar-refractivity contribution in [3.8, 4) is 17.1 Å². The molecule has 1 aliphatic carbocycles. The number of methoxy groups -OCH3 is 1. The number of nitrogens with zero attached hydrogens (tertiary/aromatic N) is 6. The Balaban J connectivity index is 1.44. The number of carbonyl (C=O) groups excluding carboxylic acids is 1. The number of rotatable bonds is 7. The molecule has 4 aromatic rings. The first-order valence-corrected chi connectivity index (χ1v) is 12.7. The van der Waals surface area contributed by atoms with Gasteiger partial charge in [-0.2, -0.15) is 5.10 Å². The summed E-state index contributed by atoms with van der Waals surface area (Å²) in [6.45, 7) is 2.57. The van der Waals surface area contributed by atoms with Gasteiger partial charge in [0, 0.05) is 19.7 Å². The lowest BCUT2D eigenvalue weighted by atomic mass is 10.1. The highest BCUT2D eigenvalue weighted by Crippen LogP contribution is 2.40. The molecular formula is C26H29FN8O3. The quantitative estimate of drug-likeness (QED) is 0.370. The Kier molecular flexibility index (Phi) is 6.18. The van der Waals surface area contributed by atoms with Crippen molar-refractivity contribution in [2.45, 2.75) is 45.0 Å². The largest absolute Gasteiger partial charge is 0.494 e. The molecule has 6 rings (SSSR count). The number of ether oxygens (including phenoxy) is 2. The van der Waals surface area contributed by atoms with Crippen LogP contribution in [-0.2, 0) is 16.6 Å². The molecule has 1 aliphatic heterocycles. The molecule has 1 saturated heterocycles. The number of para-hydroxylation sites is 1. The van der Waals surface area contributed by atoms with Crippen molar-refractivity contribution in [3.05, 3.63) is 36.4 Å². The SMILES string of the molecule is COc1c(Nc2cc(NC(=O)[C@H]3C[C@H]3F)nc3c2nc(C)n3C2CCCCO2)cccc1-c1ncn(C)n1. The number of aromatic nitrogens is 6.